The first-order valence-corrected chi connectivity index (χ1v) is 8.03. The molecule has 2 amide bonds. The molecule has 0 aliphatic heterocycles. The van der Waals surface area contributed by atoms with E-state index in [-0.39, 0.29) is 18.8 Å². The Hall–Kier alpha value is -1.13. The molecule has 1 aromatic carbocycles. The van der Waals surface area contributed by atoms with Crippen molar-refractivity contribution < 1.29 is 9.53 Å². The lowest BCUT2D eigenvalue weighted by molar-refractivity contribution is 0.219. The van der Waals surface area contributed by atoms with Crippen LogP contribution in [0.4, 0.5) is 4.79 Å². The highest BCUT2D eigenvalue weighted by Gasteiger charge is 2.14. The summed E-state index contributed by atoms with van der Waals surface area (Å²) in [7, 11) is 0. The van der Waals surface area contributed by atoms with E-state index in [0.29, 0.717) is 15.8 Å². The van der Waals surface area contributed by atoms with Crippen molar-refractivity contribution in [3.63, 3.8) is 0 Å². The molecule has 1 fully saturated rings. The van der Waals surface area contributed by atoms with Gasteiger partial charge >= 0.3 is 6.03 Å². The summed E-state index contributed by atoms with van der Waals surface area (Å²) in [5, 5.41) is 6.63. The fourth-order valence-electron chi connectivity index (χ4n) is 2.43. The molecule has 0 atom stereocenters. The van der Waals surface area contributed by atoms with E-state index >= 15 is 0 Å². The van der Waals surface area contributed by atoms with Crippen LogP contribution in [0.2, 0.25) is 10.0 Å². The Bertz CT molecular complexity index is 475. The van der Waals surface area contributed by atoms with Gasteiger partial charge in [-0.05, 0) is 31.0 Å². The summed E-state index contributed by atoms with van der Waals surface area (Å²) in [6, 6.07) is 5.03. The molecule has 1 aliphatic rings. The molecule has 21 heavy (non-hydrogen) atoms. The summed E-state index contributed by atoms with van der Waals surface area (Å²) in [5.41, 5.74) is 0. The number of halogens is 2. The maximum Gasteiger partial charge on any atom is 0.317 e. The molecule has 0 radical (unpaired) electrons. The lowest BCUT2D eigenvalue weighted by Gasteiger charge is -2.17. The van der Waals surface area contributed by atoms with Gasteiger partial charge in [-0.15, -0.1) is 0 Å². The molecule has 0 bridgehead atoms. The number of carbonyl (C=O) groups is 1. The van der Waals surface area contributed by atoms with Crippen LogP contribution in [0.25, 0.3) is 0 Å². The third kappa shape index (κ3) is 5.64. The molecule has 6 heteroatoms. The van der Waals surface area contributed by atoms with Crippen LogP contribution in [0.3, 0.4) is 0 Å². The first kappa shape index (κ1) is 16.2. The number of urea groups is 1. The second-order valence-electron chi connectivity index (χ2n) is 5.20. The summed E-state index contributed by atoms with van der Waals surface area (Å²) in [5.74, 6) is 0.496. The predicted molar refractivity (Wildman–Crippen MR) is 85.1 cm³/mol. The van der Waals surface area contributed by atoms with E-state index < -0.39 is 0 Å². The van der Waals surface area contributed by atoms with Crippen molar-refractivity contribution in [3.8, 4) is 5.75 Å². The molecule has 2 rings (SSSR count). The van der Waals surface area contributed by atoms with Crippen molar-refractivity contribution in [1.29, 1.82) is 0 Å². The van der Waals surface area contributed by atoms with Gasteiger partial charge in [0.25, 0.3) is 0 Å². The van der Waals surface area contributed by atoms with Gasteiger partial charge in [0, 0.05) is 11.1 Å². The van der Waals surface area contributed by atoms with E-state index in [9.17, 15) is 4.79 Å². The van der Waals surface area contributed by atoms with Crippen LogP contribution in [0.1, 0.15) is 38.5 Å². The molecule has 2 N–H and O–H groups in total. The van der Waals surface area contributed by atoms with Crippen molar-refractivity contribution >= 4 is 29.2 Å². The number of hydrogen-bond acceptors (Lipinski definition) is 2. The molecule has 0 unspecified atom stereocenters. The van der Waals surface area contributed by atoms with Gasteiger partial charge in [0.1, 0.15) is 5.75 Å². The minimum Gasteiger partial charge on any atom is -0.472 e. The molecular weight excluding hydrogens is 311 g/mol. The van der Waals surface area contributed by atoms with Crippen LogP contribution in [0.15, 0.2) is 18.2 Å². The van der Waals surface area contributed by atoms with Crippen LogP contribution < -0.4 is 15.4 Å². The summed E-state index contributed by atoms with van der Waals surface area (Å²) in [6.07, 6.45) is 6.99. The largest absolute Gasteiger partial charge is 0.472 e. The van der Waals surface area contributed by atoms with E-state index in [1.54, 1.807) is 18.2 Å². The van der Waals surface area contributed by atoms with Gasteiger partial charge in [-0.1, -0.05) is 48.9 Å². The van der Waals surface area contributed by atoms with Crippen molar-refractivity contribution in [3.05, 3.63) is 28.2 Å². The SMILES string of the molecule is O=C(NCOc1ccc(Cl)cc1Cl)NC1CCCCCC1. The number of carbonyl (C=O) groups excluding carboxylic acids is 1. The van der Waals surface area contributed by atoms with Crippen molar-refractivity contribution in [1.82, 2.24) is 10.6 Å². The Balaban J connectivity index is 1.71. The van der Waals surface area contributed by atoms with Crippen molar-refractivity contribution in [2.75, 3.05) is 6.73 Å². The van der Waals surface area contributed by atoms with Gasteiger partial charge < -0.3 is 15.4 Å². The highest BCUT2D eigenvalue weighted by atomic mass is 35.5. The van der Waals surface area contributed by atoms with Crippen LogP contribution in [0.5, 0.6) is 5.75 Å². The quantitative estimate of drug-likeness (QED) is 0.636. The van der Waals surface area contributed by atoms with Gasteiger partial charge in [0.05, 0.1) is 5.02 Å². The Morgan fingerprint density at radius 3 is 2.57 bits per heavy atom. The van der Waals surface area contributed by atoms with Crippen LogP contribution in [0, 0.1) is 0 Å². The average molecular weight is 331 g/mol. The molecule has 1 saturated carbocycles. The second-order valence-corrected chi connectivity index (χ2v) is 6.05. The Kier molecular flexibility index (Phi) is 6.46. The number of benzene rings is 1. The standard InChI is InChI=1S/C15H20Cl2N2O2/c16-11-7-8-14(13(17)9-11)21-10-18-15(20)19-12-5-3-1-2-4-6-12/h7-9,12H,1-6,10H2,(H2,18,19,20). The molecule has 1 aliphatic carbocycles. The first-order chi connectivity index (χ1) is 10.1. The van der Waals surface area contributed by atoms with E-state index in [0.717, 1.165) is 12.8 Å². The monoisotopic (exact) mass is 330 g/mol. The Morgan fingerprint density at radius 1 is 1.19 bits per heavy atom. The summed E-state index contributed by atoms with van der Waals surface area (Å²) >= 11 is 11.8. The fraction of sp³-hybridized carbons (Fsp3) is 0.533. The third-order valence-electron chi connectivity index (χ3n) is 3.54. The minimum atomic E-state index is -0.202. The lowest BCUT2D eigenvalue weighted by atomic mass is 10.1. The average Bonchev–Trinajstić information content (AvgIpc) is 2.70. The number of ether oxygens (including phenoxy) is 1. The molecule has 0 aromatic heterocycles. The van der Waals surface area contributed by atoms with Gasteiger partial charge in [0.15, 0.2) is 6.73 Å². The van der Waals surface area contributed by atoms with Gasteiger partial charge in [-0.2, -0.15) is 0 Å². The van der Waals surface area contributed by atoms with E-state index in [1.165, 1.54) is 25.7 Å². The smallest absolute Gasteiger partial charge is 0.317 e. The minimum absolute atomic E-state index is 0.0694. The Labute approximate surface area is 135 Å². The first-order valence-electron chi connectivity index (χ1n) is 7.27. The van der Waals surface area contributed by atoms with Gasteiger partial charge in [0.2, 0.25) is 0 Å². The second kappa shape index (κ2) is 8.35. The molecule has 116 valence electrons. The van der Waals surface area contributed by atoms with E-state index in [1.807, 2.05) is 0 Å². The lowest BCUT2D eigenvalue weighted by Crippen LogP contribution is -2.43. The van der Waals surface area contributed by atoms with Gasteiger partial charge in [-0.25, -0.2) is 4.79 Å². The number of amides is 2. The van der Waals surface area contributed by atoms with Crippen LogP contribution in [-0.2, 0) is 0 Å². The Morgan fingerprint density at radius 2 is 1.90 bits per heavy atom. The predicted octanol–water partition coefficient (Wildman–Crippen LogP) is 4.35. The number of nitrogens with one attached hydrogen (secondary N) is 2. The molecule has 0 spiro atoms. The summed E-state index contributed by atoms with van der Waals surface area (Å²) in [6.45, 7) is 0.0694. The van der Waals surface area contributed by atoms with E-state index in [4.69, 9.17) is 27.9 Å². The molecule has 1 aromatic rings. The highest BCUT2D eigenvalue weighted by molar-refractivity contribution is 6.35. The van der Waals surface area contributed by atoms with Crippen molar-refractivity contribution in [2.24, 2.45) is 0 Å². The summed E-state index contributed by atoms with van der Waals surface area (Å²) < 4.78 is 5.41. The third-order valence-corrected chi connectivity index (χ3v) is 4.08. The maximum absolute atomic E-state index is 11.8. The maximum atomic E-state index is 11.8. The topological polar surface area (TPSA) is 50.4 Å². The fourth-order valence-corrected chi connectivity index (χ4v) is 2.89. The number of rotatable bonds is 4. The zero-order chi connectivity index (χ0) is 15.1. The van der Waals surface area contributed by atoms with E-state index in [2.05, 4.69) is 10.6 Å². The molecular formula is C15H20Cl2N2O2. The zero-order valence-electron chi connectivity index (χ0n) is 11.8. The highest BCUT2D eigenvalue weighted by Crippen LogP contribution is 2.27. The van der Waals surface area contributed by atoms with Crippen LogP contribution in [-0.4, -0.2) is 18.8 Å². The van der Waals surface area contributed by atoms with Crippen molar-refractivity contribution in [2.45, 2.75) is 44.6 Å². The molecule has 4 nitrogen and oxygen atoms in total. The molecule has 0 heterocycles. The normalized spacial score (nSPS) is 16.1. The number of hydrogen-bond donors (Lipinski definition) is 2. The molecule has 0 saturated heterocycles. The zero-order valence-corrected chi connectivity index (χ0v) is 13.3. The van der Waals surface area contributed by atoms with Gasteiger partial charge in [-0.3, -0.25) is 0 Å². The summed E-state index contributed by atoms with van der Waals surface area (Å²) in [4.78, 5) is 11.8. The van der Waals surface area contributed by atoms with Crippen LogP contribution >= 0.6 is 23.2 Å².